The van der Waals surface area contributed by atoms with Crippen LogP contribution in [0.3, 0.4) is 0 Å². The molecule has 0 saturated heterocycles. The maximum atomic E-state index is 12.4. The maximum absolute atomic E-state index is 12.4. The first-order valence-electron chi connectivity index (χ1n) is 23.8. The average molecular weight is 738 g/mol. The summed E-state index contributed by atoms with van der Waals surface area (Å²) in [7, 11) is 0. The predicted molar refractivity (Wildman–Crippen MR) is 227 cm³/mol. The molecule has 0 fully saturated rings. The van der Waals surface area contributed by atoms with Crippen LogP contribution in [-0.2, 0) is 4.79 Å². The van der Waals surface area contributed by atoms with Crippen molar-refractivity contribution in [3.63, 3.8) is 0 Å². The number of aliphatic hydroxyl groups is 3. The van der Waals surface area contributed by atoms with Crippen LogP contribution in [0.5, 0.6) is 0 Å². The van der Waals surface area contributed by atoms with Gasteiger partial charge in [0.25, 0.3) is 0 Å². The second kappa shape index (κ2) is 43.1. The predicted octanol–water partition coefficient (Wildman–Crippen LogP) is 13.8. The van der Waals surface area contributed by atoms with Crippen molar-refractivity contribution in [2.24, 2.45) is 0 Å². The van der Waals surface area contributed by atoms with Crippen LogP contribution in [0.25, 0.3) is 0 Å². The Morgan fingerprint density at radius 3 is 0.923 bits per heavy atom. The van der Waals surface area contributed by atoms with Gasteiger partial charge in [-0.15, -0.1) is 0 Å². The highest BCUT2D eigenvalue weighted by molar-refractivity contribution is 5.76. The molecule has 0 aliphatic carbocycles. The summed E-state index contributed by atoms with van der Waals surface area (Å²) in [5.41, 5.74) is 0. The summed E-state index contributed by atoms with van der Waals surface area (Å²) in [6, 6.07) is -0.802. The Bertz CT molecular complexity index is 688. The van der Waals surface area contributed by atoms with E-state index in [-0.39, 0.29) is 12.5 Å². The first-order valence-corrected chi connectivity index (χ1v) is 23.8. The molecule has 0 saturated carbocycles. The first-order chi connectivity index (χ1) is 25.6. The van der Waals surface area contributed by atoms with E-state index in [2.05, 4.69) is 19.2 Å². The zero-order chi connectivity index (χ0) is 38.0. The van der Waals surface area contributed by atoms with Gasteiger partial charge in [0.05, 0.1) is 18.8 Å². The van der Waals surface area contributed by atoms with Gasteiger partial charge in [-0.05, 0) is 12.8 Å². The van der Waals surface area contributed by atoms with E-state index in [0.29, 0.717) is 12.8 Å². The van der Waals surface area contributed by atoms with Crippen LogP contribution >= 0.6 is 0 Å². The quantitative estimate of drug-likeness (QED) is 0.0469. The van der Waals surface area contributed by atoms with E-state index in [9.17, 15) is 20.1 Å². The van der Waals surface area contributed by atoms with E-state index in [1.54, 1.807) is 0 Å². The van der Waals surface area contributed by atoms with Crippen LogP contribution in [-0.4, -0.2) is 46.1 Å². The topological polar surface area (TPSA) is 89.8 Å². The van der Waals surface area contributed by atoms with Crippen LogP contribution in [0.1, 0.15) is 271 Å². The molecule has 0 aliphatic rings. The molecule has 0 bridgehead atoms. The third kappa shape index (κ3) is 37.7. The van der Waals surface area contributed by atoms with Crippen molar-refractivity contribution in [3.05, 3.63) is 0 Å². The molecule has 0 heterocycles. The Kier molecular flexibility index (Phi) is 42.5. The van der Waals surface area contributed by atoms with E-state index in [0.717, 1.165) is 38.5 Å². The van der Waals surface area contributed by atoms with Crippen molar-refractivity contribution in [3.8, 4) is 0 Å². The molecule has 0 radical (unpaired) electrons. The van der Waals surface area contributed by atoms with Crippen LogP contribution < -0.4 is 5.32 Å². The SMILES string of the molecule is CCCCCCCCCCCCCCCCCCCCCCCCCCCCCC(=O)N[C@@H](CO)[C@H](O)[C@H](O)CCCCCCCCCCCCC. The van der Waals surface area contributed by atoms with Crippen molar-refractivity contribution in [1.29, 1.82) is 0 Å². The zero-order valence-electron chi connectivity index (χ0n) is 35.5. The summed E-state index contributed by atoms with van der Waals surface area (Å²) in [6.07, 6.45) is 49.5. The molecule has 0 aromatic rings. The number of aliphatic hydroxyl groups excluding tert-OH is 3. The molecule has 3 atom stereocenters. The highest BCUT2D eigenvalue weighted by atomic mass is 16.3. The Morgan fingerprint density at radius 1 is 0.404 bits per heavy atom. The molecule has 0 unspecified atom stereocenters. The second-order valence-electron chi connectivity index (χ2n) is 16.7. The molecular weight excluding hydrogens is 643 g/mol. The lowest BCUT2D eigenvalue weighted by Gasteiger charge is -2.26. The number of nitrogens with one attached hydrogen (secondary N) is 1. The maximum Gasteiger partial charge on any atom is 0.220 e. The summed E-state index contributed by atoms with van der Waals surface area (Å²) in [5, 5.41) is 33.5. The van der Waals surface area contributed by atoms with E-state index in [4.69, 9.17) is 0 Å². The number of amides is 1. The monoisotopic (exact) mass is 738 g/mol. The van der Waals surface area contributed by atoms with Gasteiger partial charge in [0.1, 0.15) is 6.10 Å². The third-order valence-electron chi connectivity index (χ3n) is 11.5. The van der Waals surface area contributed by atoms with Crippen molar-refractivity contribution in [2.45, 2.75) is 289 Å². The smallest absolute Gasteiger partial charge is 0.220 e. The number of hydrogen-bond donors (Lipinski definition) is 4. The molecule has 0 aliphatic heterocycles. The van der Waals surface area contributed by atoms with Crippen LogP contribution in [0.2, 0.25) is 0 Å². The van der Waals surface area contributed by atoms with Gasteiger partial charge in [-0.2, -0.15) is 0 Å². The fraction of sp³-hybridized carbons (Fsp3) is 0.979. The fourth-order valence-corrected chi connectivity index (χ4v) is 7.75. The Labute approximate surface area is 326 Å². The average Bonchev–Trinajstić information content (AvgIpc) is 3.15. The third-order valence-corrected chi connectivity index (χ3v) is 11.5. The molecule has 312 valence electrons. The molecule has 5 nitrogen and oxygen atoms in total. The molecule has 4 N–H and O–H groups in total. The van der Waals surface area contributed by atoms with Gasteiger partial charge in [0, 0.05) is 6.42 Å². The second-order valence-corrected chi connectivity index (χ2v) is 16.7. The number of hydrogen-bond acceptors (Lipinski definition) is 4. The van der Waals surface area contributed by atoms with Gasteiger partial charge in [-0.1, -0.05) is 251 Å². The molecule has 0 aromatic heterocycles. The minimum absolute atomic E-state index is 0.139. The largest absolute Gasteiger partial charge is 0.394 e. The lowest BCUT2D eigenvalue weighted by Crippen LogP contribution is -2.50. The van der Waals surface area contributed by atoms with Crippen molar-refractivity contribution < 1.29 is 20.1 Å². The first kappa shape index (κ1) is 51.4. The van der Waals surface area contributed by atoms with Gasteiger partial charge in [0.15, 0.2) is 0 Å². The Balaban J connectivity index is 3.47. The normalized spacial score (nSPS) is 13.4. The van der Waals surface area contributed by atoms with Gasteiger partial charge < -0.3 is 20.6 Å². The van der Waals surface area contributed by atoms with Gasteiger partial charge >= 0.3 is 0 Å². The van der Waals surface area contributed by atoms with Crippen LogP contribution in [0.15, 0.2) is 0 Å². The molecule has 0 rings (SSSR count). The Hall–Kier alpha value is -0.650. The fourth-order valence-electron chi connectivity index (χ4n) is 7.75. The molecule has 1 amide bonds. The number of unbranched alkanes of at least 4 members (excludes halogenated alkanes) is 36. The summed E-state index contributed by atoms with van der Waals surface area (Å²) >= 11 is 0. The lowest BCUT2D eigenvalue weighted by molar-refractivity contribution is -0.124. The lowest BCUT2D eigenvalue weighted by atomic mass is 9.99. The minimum atomic E-state index is -1.13. The summed E-state index contributed by atoms with van der Waals surface area (Å²) in [5.74, 6) is -0.139. The van der Waals surface area contributed by atoms with E-state index >= 15 is 0 Å². The molecule has 5 heteroatoms. The Morgan fingerprint density at radius 2 is 0.654 bits per heavy atom. The molecule has 52 heavy (non-hydrogen) atoms. The highest BCUT2D eigenvalue weighted by Gasteiger charge is 2.26. The summed E-state index contributed by atoms with van der Waals surface area (Å²) in [4.78, 5) is 12.4. The molecular formula is C47H95NO4. The van der Waals surface area contributed by atoms with Gasteiger partial charge in [0.2, 0.25) is 5.91 Å². The van der Waals surface area contributed by atoms with E-state index in [1.165, 1.54) is 205 Å². The molecule has 0 aromatic carbocycles. The highest BCUT2D eigenvalue weighted by Crippen LogP contribution is 2.17. The van der Waals surface area contributed by atoms with E-state index in [1.807, 2.05) is 0 Å². The van der Waals surface area contributed by atoms with Crippen LogP contribution in [0, 0.1) is 0 Å². The minimum Gasteiger partial charge on any atom is -0.394 e. The van der Waals surface area contributed by atoms with Crippen molar-refractivity contribution in [2.75, 3.05) is 6.61 Å². The number of carbonyl (C=O) groups excluding carboxylic acids is 1. The number of rotatable bonds is 44. The summed E-state index contributed by atoms with van der Waals surface area (Å²) in [6.45, 7) is 4.19. The van der Waals surface area contributed by atoms with Gasteiger partial charge in [-0.25, -0.2) is 0 Å². The van der Waals surface area contributed by atoms with Crippen molar-refractivity contribution in [1.82, 2.24) is 5.32 Å². The summed E-state index contributed by atoms with van der Waals surface area (Å²) < 4.78 is 0. The van der Waals surface area contributed by atoms with Crippen molar-refractivity contribution >= 4 is 5.91 Å². The van der Waals surface area contributed by atoms with Crippen LogP contribution in [0.4, 0.5) is 0 Å². The molecule has 0 spiro atoms. The standard InChI is InChI=1S/C47H95NO4/c1-3-5-7-9-11-13-15-16-17-18-19-20-21-22-23-24-25-26-27-28-29-30-32-34-36-38-40-42-46(51)48-44(43-49)47(52)45(50)41-39-37-35-33-31-14-12-10-8-6-4-2/h44-45,47,49-50,52H,3-43H2,1-2H3,(H,48,51)/t44-,45+,47-/m0/s1. The van der Waals surface area contributed by atoms with Gasteiger partial charge in [-0.3, -0.25) is 4.79 Å². The van der Waals surface area contributed by atoms with E-state index < -0.39 is 18.2 Å². The zero-order valence-corrected chi connectivity index (χ0v) is 35.5. The number of carbonyl (C=O) groups is 1.